The summed E-state index contributed by atoms with van der Waals surface area (Å²) in [5.74, 6) is 0. The molecule has 0 rings (SSSR count). The number of allylic oxidation sites excluding steroid dienone is 2. The van der Waals surface area contributed by atoms with Crippen molar-refractivity contribution in [3.05, 3.63) is 11.0 Å². The van der Waals surface area contributed by atoms with E-state index in [1.54, 1.807) is 0 Å². The first-order valence-corrected chi connectivity index (χ1v) is 7.00. The molecule has 1 atom stereocenters. The van der Waals surface area contributed by atoms with E-state index in [-0.39, 0.29) is 0 Å². The molecule has 0 amide bonds. The molecule has 0 aliphatic heterocycles. The van der Waals surface area contributed by atoms with Crippen molar-refractivity contribution in [2.75, 3.05) is 20.1 Å². The lowest BCUT2D eigenvalue weighted by molar-refractivity contribution is 0.327. The van der Waals surface area contributed by atoms with Crippen molar-refractivity contribution in [3.8, 4) is 0 Å². The van der Waals surface area contributed by atoms with Gasteiger partial charge in [-0.15, -0.1) is 11.8 Å². The lowest BCUT2D eigenvalue weighted by atomic mass is 10.3. The monoisotopic (exact) mass is 229 g/mol. The molecule has 0 spiro atoms. The number of thioether (sulfide) groups is 1. The molecule has 0 aliphatic carbocycles. The summed E-state index contributed by atoms with van der Waals surface area (Å²) in [6, 6.07) is 0. The van der Waals surface area contributed by atoms with Gasteiger partial charge in [-0.1, -0.05) is 26.3 Å². The molecule has 0 radical (unpaired) electrons. The minimum atomic E-state index is 0.753. The van der Waals surface area contributed by atoms with E-state index >= 15 is 0 Å². The molecule has 0 N–H and O–H groups in total. The standard InChI is InChI=1S/C13H27NS/c1-6-9-10-14(5)11-13(8-3)15-12(4)7-2/h7,13H,6,8-11H2,1-5H3/b12-7-. The Balaban J connectivity index is 3.87. The second-order valence-corrected chi connectivity index (χ2v) is 5.71. The molecule has 0 saturated carbocycles. The molecule has 15 heavy (non-hydrogen) atoms. The van der Waals surface area contributed by atoms with Crippen LogP contribution in [-0.4, -0.2) is 30.3 Å². The van der Waals surface area contributed by atoms with Gasteiger partial charge in [0.25, 0.3) is 0 Å². The quantitative estimate of drug-likeness (QED) is 0.615. The van der Waals surface area contributed by atoms with E-state index in [1.807, 2.05) is 11.8 Å². The predicted octanol–water partition coefficient (Wildman–Crippen LogP) is 4.15. The van der Waals surface area contributed by atoms with Crippen LogP contribution in [0.2, 0.25) is 0 Å². The molecule has 0 heterocycles. The highest BCUT2D eigenvalue weighted by atomic mass is 32.2. The van der Waals surface area contributed by atoms with Gasteiger partial charge >= 0.3 is 0 Å². The van der Waals surface area contributed by atoms with Gasteiger partial charge in [-0.25, -0.2) is 0 Å². The van der Waals surface area contributed by atoms with Crippen molar-refractivity contribution in [1.29, 1.82) is 0 Å². The fourth-order valence-electron chi connectivity index (χ4n) is 1.45. The van der Waals surface area contributed by atoms with Crippen molar-refractivity contribution in [3.63, 3.8) is 0 Å². The third-order valence-corrected chi connectivity index (χ3v) is 4.05. The smallest absolute Gasteiger partial charge is 0.0216 e. The van der Waals surface area contributed by atoms with Crippen LogP contribution < -0.4 is 0 Å². The van der Waals surface area contributed by atoms with Gasteiger partial charge in [-0.3, -0.25) is 0 Å². The van der Waals surface area contributed by atoms with Gasteiger partial charge < -0.3 is 4.90 Å². The van der Waals surface area contributed by atoms with Gasteiger partial charge in [0, 0.05) is 11.8 Å². The van der Waals surface area contributed by atoms with E-state index in [2.05, 4.69) is 45.7 Å². The lowest BCUT2D eigenvalue weighted by Crippen LogP contribution is -2.28. The maximum Gasteiger partial charge on any atom is 0.0216 e. The number of hydrogen-bond acceptors (Lipinski definition) is 2. The van der Waals surface area contributed by atoms with Gasteiger partial charge in [0.15, 0.2) is 0 Å². The van der Waals surface area contributed by atoms with E-state index in [0.717, 1.165) is 5.25 Å². The summed E-state index contributed by atoms with van der Waals surface area (Å²) < 4.78 is 0. The largest absolute Gasteiger partial charge is 0.305 e. The highest BCUT2D eigenvalue weighted by molar-refractivity contribution is 8.03. The summed E-state index contributed by atoms with van der Waals surface area (Å²) in [4.78, 5) is 3.92. The highest BCUT2D eigenvalue weighted by Crippen LogP contribution is 2.23. The second kappa shape index (κ2) is 9.29. The van der Waals surface area contributed by atoms with Crippen LogP contribution in [0.3, 0.4) is 0 Å². The summed E-state index contributed by atoms with van der Waals surface area (Å²) >= 11 is 2.03. The zero-order chi connectivity index (χ0) is 11.7. The Morgan fingerprint density at radius 1 is 1.40 bits per heavy atom. The number of hydrogen-bond donors (Lipinski definition) is 0. The fourth-order valence-corrected chi connectivity index (χ4v) is 2.61. The first-order valence-electron chi connectivity index (χ1n) is 6.12. The first kappa shape index (κ1) is 15.0. The number of unbranched alkanes of at least 4 members (excludes halogenated alkanes) is 1. The van der Waals surface area contributed by atoms with E-state index in [9.17, 15) is 0 Å². The average Bonchev–Trinajstić information content (AvgIpc) is 2.25. The van der Waals surface area contributed by atoms with Gasteiger partial charge in [0.2, 0.25) is 0 Å². The minimum Gasteiger partial charge on any atom is -0.305 e. The Bertz CT molecular complexity index is 177. The van der Waals surface area contributed by atoms with E-state index in [0.29, 0.717) is 0 Å². The Hall–Kier alpha value is 0.0500. The second-order valence-electron chi connectivity index (χ2n) is 4.16. The molecule has 90 valence electrons. The molecular formula is C13H27NS. The third kappa shape index (κ3) is 7.92. The van der Waals surface area contributed by atoms with Crippen LogP contribution >= 0.6 is 11.8 Å². The van der Waals surface area contributed by atoms with Crippen LogP contribution in [0.5, 0.6) is 0 Å². The molecule has 2 heteroatoms. The first-order chi connectivity index (χ1) is 7.13. The van der Waals surface area contributed by atoms with Gasteiger partial charge in [-0.05, 0) is 45.2 Å². The molecule has 0 aromatic carbocycles. The Morgan fingerprint density at radius 2 is 2.07 bits per heavy atom. The summed E-state index contributed by atoms with van der Waals surface area (Å²) in [7, 11) is 2.24. The van der Waals surface area contributed by atoms with Crippen molar-refractivity contribution in [2.45, 2.75) is 52.2 Å². The van der Waals surface area contributed by atoms with Crippen LogP contribution in [0, 0.1) is 0 Å². The molecular weight excluding hydrogens is 202 g/mol. The van der Waals surface area contributed by atoms with Crippen molar-refractivity contribution < 1.29 is 0 Å². The van der Waals surface area contributed by atoms with Crippen molar-refractivity contribution in [2.24, 2.45) is 0 Å². The van der Waals surface area contributed by atoms with Crippen LogP contribution in [0.15, 0.2) is 11.0 Å². The Labute approximate surface area is 100 Å². The van der Waals surface area contributed by atoms with Crippen LogP contribution in [0.1, 0.15) is 47.0 Å². The van der Waals surface area contributed by atoms with Gasteiger partial charge in [0.1, 0.15) is 0 Å². The normalized spacial score (nSPS) is 14.7. The fraction of sp³-hybridized carbons (Fsp3) is 0.846. The number of nitrogens with zero attached hydrogens (tertiary/aromatic N) is 1. The molecule has 0 bridgehead atoms. The molecule has 1 unspecified atom stereocenters. The summed E-state index contributed by atoms with van der Waals surface area (Å²) in [6.45, 7) is 11.3. The zero-order valence-corrected chi connectivity index (χ0v) is 11.9. The molecule has 0 saturated heterocycles. The van der Waals surface area contributed by atoms with Crippen LogP contribution in [0.25, 0.3) is 0 Å². The molecule has 0 aromatic rings. The topological polar surface area (TPSA) is 3.24 Å². The van der Waals surface area contributed by atoms with E-state index < -0.39 is 0 Å². The third-order valence-electron chi connectivity index (χ3n) is 2.62. The van der Waals surface area contributed by atoms with E-state index in [1.165, 1.54) is 37.3 Å². The SMILES string of the molecule is C/C=C(/C)SC(CC)CN(C)CCCC. The van der Waals surface area contributed by atoms with Gasteiger partial charge in [0.05, 0.1) is 0 Å². The number of rotatable bonds is 8. The maximum atomic E-state index is 2.47. The van der Waals surface area contributed by atoms with Crippen LogP contribution in [-0.2, 0) is 0 Å². The Kier molecular flexibility index (Phi) is 9.32. The molecule has 1 nitrogen and oxygen atoms in total. The van der Waals surface area contributed by atoms with Gasteiger partial charge in [-0.2, -0.15) is 0 Å². The Morgan fingerprint density at radius 3 is 2.53 bits per heavy atom. The van der Waals surface area contributed by atoms with Crippen LogP contribution in [0.4, 0.5) is 0 Å². The lowest BCUT2D eigenvalue weighted by Gasteiger charge is -2.22. The molecule has 0 aromatic heterocycles. The summed E-state index contributed by atoms with van der Waals surface area (Å²) in [6.07, 6.45) is 6.08. The van der Waals surface area contributed by atoms with E-state index in [4.69, 9.17) is 0 Å². The highest BCUT2D eigenvalue weighted by Gasteiger charge is 2.10. The van der Waals surface area contributed by atoms with Crippen molar-refractivity contribution >= 4 is 11.8 Å². The molecule has 0 fully saturated rings. The summed E-state index contributed by atoms with van der Waals surface area (Å²) in [5.41, 5.74) is 0. The predicted molar refractivity (Wildman–Crippen MR) is 73.5 cm³/mol. The molecule has 0 aliphatic rings. The summed E-state index contributed by atoms with van der Waals surface area (Å²) in [5, 5.41) is 0.753. The van der Waals surface area contributed by atoms with Crippen molar-refractivity contribution in [1.82, 2.24) is 4.90 Å². The average molecular weight is 229 g/mol. The minimum absolute atomic E-state index is 0.753. The maximum absolute atomic E-state index is 2.47. The zero-order valence-electron chi connectivity index (χ0n) is 11.0.